The number of carbonyl (C=O) groups is 1. The zero-order valence-electron chi connectivity index (χ0n) is 12.0. The van der Waals surface area contributed by atoms with Crippen LogP contribution in [0.5, 0.6) is 0 Å². The van der Waals surface area contributed by atoms with E-state index >= 15 is 0 Å². The van der Waals surface area contributed by atoms with E-state index in [4.69, 9.17) is 0 Å². The molecule has 0 saturated heterocycles. The molecule has 0 aliphatic rings. The first-order valence-corrected chi connectivity index (χ1v) is 6.49. The van der Waals surface area contributed by atoms with E-state index < -0.39 is 0 Å². The second-order valence-corrected chi connectivity index (χ2v) is 5.67. The van der Waals surface area contributed by atoms with Gasteiger partial charge in [0, 0.05) is 23.8 Å². The van der Waals surface area contributed by atoms with Crippen molar-refractivity contribution in [2.75, 3.05) is 11.9 Å². The topological polar surface area (TPSA) is 41.1 Å². The highest BCUT2D eigenvalue weighted by Gasteiger charge is 2.21. The number of amides is 1. The molecule has 0 aliphatic heterocycles. The number of hydrogen-bond acceptors (Lipinski definition) is 2. The molecule has 0 saturated carbocycles. The predicted octanol–water partition coefficient (Wildman–Crippen LogP) is 3.28. The summed E-state index contributed by atoms with van der Waals surface area (Å²) < 4.78 is 0. The molecule has 3 nitrogen and oxygen atoms in total. The van der Waals surface area contributed by atoms with Crippen molar-refractivity contribution in [3.05, 3.63) is 29.8 Å². The third-order valence-corrected chi connectivity index (χ3v) is 3.17. The fourth-order valence-corrected chi connectivity index (χ4v) is 1.44. The van der Waals surface area contributed by atoms with Gasteiger partial charge < -0.3 is 10.6 Å². The monoisotopic (exact) mass is 248 g/mol. The molecule has 1 atom stereocenters. The van der Waals surface area contributed by atoms with E-state index in [0.29, 0.717) is 5.56 Å². The highest BCUT2D eigenvalue weighted by atomic mass is 16.1. The summed E-state index contributed by atoms with van der Waals surface area (Å²) in [6.07, 6.45) is 0. The minimum absolute atomic E-state index is 0.0135. The van der Waals surface area contributed by atoms with E-state index in [2.05, 4.69) is 31.4 Å². The van der Waals surface area contributed by atoms with Crippen LogP contribution in [0.2, 0.25) is 0 Å². The van der Waals surface area contributed by atoms with E-state index in [9.17, 15) is 4.79 Å². The van der Waals surface area contributed by atoms with Gasteiger partial charge in [0.25, 0.3) is 5.91 Å². The van der Waals surface area contributed by atoms with Gasteiger partial charge in [-0.3, -0.25) is 4.79 Å². The minimum atomic E-state index is -0.0135. The first-order valence-electron chi connectivity index (χ1n) is 6.49. The summed E-state index contributed by atoms with van der Waals surface area (Å²) in [5, 5.41) is 6.24. The number of nitrogens with one attached hydrogen (secondary N) is 2. The highest BCUT2D eigenvalue weighted by molar-refractivity contribution is 5.94. The normalized spacial score (nSPS) is 12.9. The fraction of sp³-hybridized carbons (Fsp3) is 0.533. The minimum Gasteiger partial charge on any atom is -0.385 e. The first-order chi connectivity index (χ1) is 8.34. The van der Waals surface area contributed by atoms with Crippen molar-refractivity contribution >= 4 is 11.6 Å². The standard InChI is InChI=1S/C15H24N2O/c1-6-16-13-9-7-12(8-10-13)14(18)17-11(2)15(3,4)5/h7-11,16H,6H2,1-5H3,(H,17,18). The summed E-state index contributed by atoms with van der Waals surface area (Å²) in [6, 6.07) is 7.70. The van der Waals surface area contributed by atoms with E-state index in [1.165, 1.54) is 0 Å². The Hall–Kier alpha value is -1.51. The lowest BCUT2D eigenvalue weighted by Gasteiger charge is -2.28. The maximum Gasteiger partial charge on any atom is 0.251 e. The number of anilines is 1. The molecule has 0 bridgehead atoms. The van der Waals surface area contributed by atoms with Gasteiger partial charge in [-0.05, 0) is 43.5 Å². The van der Waals surface area contributed by atoms with Gasteiger partial charge in [0.1, 0.15) is 0 Å². The third kappa shape index (κ3) is 4.06. The van der Waals surface area contributed by atoms with Crippen molar-refractivity contribution in [3.8, 4) is 0 Å². The molecule has 1 aromatic carbocycles. The average molecular weight is 248 g/mol. The Labute approximate surface area is 110 Å². The van der Waals surface area contributed by atoms with E-state index in [-0.39, 0.29) is 17.4 Å². The lowest BCUT2D eigenvalue weighted by Crippen LogP contribution is -2.41. The maximum atomic E-state index is 12.0. The first kappa shape index (κ1) is 14.6. The molecular formula is C15H24N2O. The van der Waals surface area contributed by atoms with Gasteiger partial charge in [-0.1, -0.05) is 20.8 Å². The van der Waals surface area contributed by atoms with Crippen LogP contribution in [0.4, 0.5) is 5.69 Å². The molecule has 0 heterocycles. The quantitative estimate of drug-likeness (QED) is 0.858. The summed E-state index contributed by atoms with van der Waals surface area (Å²) in [7, 11) is 0. The van der Waals surface area contributed by atoms with Gasteiger partial charge in [0.15, 0.2) is 0 Å². The number of benzene rings is 1. The number of carbonyl (C=O) groups excluding carboxylic acids is 1. The van der Waals surface area contributed by atoms with Gasteiger partial charge in [0.05, 0.1) is 0 Å². The SMILES string of the molecule is CCNc1ccc(C(=O)NC(C)C(C)(C)C)cc1. The van der Waals surface area contributed by atoms with Gasteiger partial charge in [0.2, 0.25) is 0 Å². The molecule has 1 rings (SSSR count). The van der Waals surface area contributed by atoms with Crippen LogP contribution in [-0.2, 0) is 0 Å². The lowest BCUT2D eigenvalue weighted by atomic mass is 9.88. The van der Waals surface area contributed by atoms with Crippen molar-refractivity contribution in [1.29, 1.82) is 0 Å². The van der Waals surface area contributed by atoms with E-state index in [1.807, 2.05) is 38.1 Å². The Kier molecular flexibility index (Phi) is 4.76. The highest BCUT2D eigenvalue weighted by Crippen LogP contribution is 2.19. The molecule has 2 N–H and O–H groups in total. The van der Waals surface area contributed by atoms with Crippen LogP contribution in [0.1, 0.15) is 45.0 Å². The molecular weight excluding hydrogens is 224 g/mol. The molecule has 1 aromatic rings. The molecule has 0 fully saturated rings. The summed E-state index contributed by atoms with van der Waals surface area (Å²) >= 11 is 0. The Morgan fingerprint density at radius 1 is 1.22 bits per heavy atom. The molecule has 0 aliphatic carbocycles. The van der Waals surface area contributed by atoms with E-state index in [0.717, 1.165) is 12.2 Å². The second kappa shape index (κ2) is 5.89. The van der Waals surface area contributed by atoms with Crippen LogP contribution in [0.3, 0.4) is 0 Å². The van der Waals surface area contributed by atoms with Gasteiger partial charge in [-0.2, -0.15) is 0 Å². The Balaban J connectivity index is 2.67. The molecule has 100 valence electrons. The Morgan fingerprint density at radius 3 is 2.22 bits per heavy atom. The fourth-order valence-electron chi connectivity index (χ4n) is 1.44. The summed E-state index contributed by atoms with van der Waals surface area (Å²) in [5.74, 6) is -0.0135. The van der Waals surface area contributed by atoms with Gasteiger partial charge in [-0.15, -0.1) is 0 Å². The summed E-state index contributed by atoms with van der Waals surface area (Å²) in [6.45, 7) is 11.3. The van der Waals surface area contributed by atoms with Crippen molar-refractivity contribution < 1.29 is 4.79 Å². The summed E-state index contributed by atoms with van der Waals surface area (Å²) in [5.41, 5.74) is 1.81. The predicted molar refractivity (Wildman–Crippen MR) is 77.0 cm³/mol. The number of hydrogen-bond donors (Lipinski definition) is 2. The smallest absolute Gasteiger partial charge is 0.251 e. The van der Waals surface area contributed by atoms with Crippen molar-refractivity contribution in [2.45, 2.75) is 40.7 Å². The maximum absolute atomic E-state index is 12.0. The van der Waals surface area contributed by atoms with Crippen LogP contribution in [-0.4, -0.2) is 18.5 Å². The van der Waals surface area contributed by atoms with Gasteiger partial charge >= 0.3 is 0 Å². The zero-order chi connectivity index (χ0) is 13.8. The largest absolute Gasteiger partial charge is 0.385 e. The van der Waals surface area contributed by atoms with Crippen molar-refractivity contribution in [1.82, 2.24) is 5.32 Å². The molecule has 0 aromatic heterocycles. The van der Waals surface area contributed by atoms with Crippen LogP contribution in [0, 0.1) is 5.41 Å². The molecule has 18 heavy (non-hydrogen) atoms. The molecule has 0 radical (unpaired) electrons. The van der Waals surface area contributed by atoms with Crippen LogP contribution >= 0.6 is 0 Å². The molecule has 0 spiro atoms. The zero-order valence-corrected chi connectivity index (χ0v) is 12.0. The van der Waals surface area contributed by atoms with E-state index in [1.54, 1.807) is 0 Å². The van der Waals surface area contributed by atoms with Crippen LogP contribution in [0.25, 0.3) is 0 Å². The second-order valence-electron chi connectivity index (χ2n) is 5.67. The average Bonchev–Trinajstić information content (AvgIpc) is 2.29. The van der Waals surface area contributed by atoms with Crippen molar-refractivity contribution in [2.24, 2.45) is 5.41 Å². The lowest BCUT2D eigenvalue weighted by molar-refractivity contribution is 0.0910. The molecule has 3 heteroatoms. The Bertz CT molecular complexity index is 390. The Morgan fingerprint density at radius 2 is 1.78 bits per heavy atom. The van der Waals surface area contributed by atoms with Crippen LogP contribution in [0.15, 0.2) is 24.3 Å². The van der Waals surface area contributed by atoms with Crippen LogP contribution < -0.4 is 10.6 Å². The number of rotatable bonds is 4. The van der Waals surface area contributed by atoms with Crippen molar-refractivity contribution in [3.63, 3.8) is 0 Å². The van der Waals surface area contributed by atoms with Gasteiger partial charge in [-0.25, -0.2) is 0 Å². The summed E-state index contributed by atoms with van der Waals surface area (Å²) in [4.78, 5) is 12.0. The molecule has 1 amide bonds. The third-order valence-electron chi connectivity index (χ3n) is 3.17. The molecule has 1 unspecified atom stereocenters.